The summed E-state index contributed by atoms with van der Waals surface area (Å²) < 4.78 is 1.98. The fraction of sp³-hybridized carbons (Fsp3) is 0.533. The third kappa shape index (κ3) is 3.45. The van der Waals surface area contributed by atoms with Crippen LogP contribution < -0.4 is 5.32 Å². The summed E-state index contributed by atoms with van der Waals surface area (Å²) in [4.78, 5) is 1.41. The largest absolute Gasteiger partial charge is 0.303 e. The molecule has 1 atom stereocenters. The molecule has 0 amide bonds. The van der Waals surface area contributed by atoms with Crippen molar-refractivity contribution in [3.05, 3.63) is 39.8 Å². The van der Waals surface area contributed by atoms with Gasteiger partial charge >= 0.3 is 0 Å². The van der Waals surface area contributed by atoms with Gasteiger partial charge in [-0.2, -0.15) is 5.10 Å². The molecule has 0 saturated carbocycles. The standard InChI is InChI=1S/C15H23N3S/c1-5-12-9-13(18(4)17-12)10-16-15(11(2)3)14-7-6-8-19-14/h6-9,11,15-16H,5,10H2,1-4H3. The maximum atomic E-state index is 4.49. The molecule has 0 aliphatic rings. The van der Waals surface area contributed by atoms with E-state index in [-0.39, 0.29) is 0 Å². The number of hydrogen-bond donors (Lipinski definition) is 1. The van der Waals surface area contributed by atoms with Gasteiger partial charge in [0.05, 0.1) is 11.4 Å². The summed E-state index contributed by atoms with van der Waals surface area (Å²) in [6.45, 7) is 7.53. The normalized spacial score (nSPS) is 13.1. The smallest absolute Gasteiger partial charge is 0.0625 e. The lowest BCUT2D eigenvalue weighted by atomic mass is 10.0. The first-order chi connectivity index (χ1) is 9.11. The maximum Gasteiger partial charge on any atom is 0.0625 e. The van der Waals surface area contributed by atoms with Gasteiger partial charge in [-0.3, -0.25) is 4.68 Å². The van der Waals surface area contributed by atoms with E-state index in [0.29, 0.717) is 12.0 Å². The fourth-order valence-electron chi connectivity index (χ4n) is 2.26. The van der Waals surface area contributed by atoms with Crippen LogP contribution in [0.25, 0.3) is 0 Å². The third-order valence-electron chi connectivity index (χ3n) is 3.41. The Morgan fingerprint density at radius 3 is 2.74 bits per heavy atom. The van der Waals surface area contributed by atoms with Gasteiger partial charge in [-0.05, 0) is 29.9 Å². The molecule has 0 saturated heterocycles. The number of rotatable bonds is 6. The topological polar surface area (TPSA) is 29.9 Å². The monoisotopic (exact) mass is 277 g/mol. The van der Waals surface area contributed by atoms with Crippen molar-refractivity contribution in [1.82, 2.24) is 15.1 Å². The van der Waals surface area contributed by atoms with Gasteiger partial charge in [-0.25, -0.2) is 0 Å². The summed E-state index contributed by atoms with van der Waals surface area (Å²) in [6.07, 6.45) is 0.992. The van der Waals surface area contributed by atoms with Crippen molar-refractivity contribution in [2.24, 2.45) is 13.0 Å². The second-order valence-corrected chi connectivity index (χ2v) is 6.20. The lowest BCUT2D eigenvalue weighted by Gasteiger charge is -2.21. The molecular formula is C15H23N3S. The molecule has 2 aromatic rings. The van der Waals surface area contributed by atoms with E-state index < -0.39 is 0 Å². The highest BCUT2D eigenvalue weighted by atomic mass is 32.1. The summed E-state index contributed by atoms with van der Waals surface area (Å²) in [7, 11) is 2.02. The minimum atomic E-state index is 0.417. The summed E-state index contributed by atoms with van der Waals surface area (Å²) in [5, 5.41) is 10.3. The molecule has 1 N–H and O–H groups in total. The Hall–Kier alpha value is -1.13. The van der Waals surface area contributed by atoms with Gasteiger partial charge in [0, 0.05) is 24.5 Å². The van der Waals surface area contributed by atoms with Gasteiger partial charge < -0.3 is 5.32 Å². The molecule has 0 bridgehead atoms. The maximum absolute atomic E-state index is 4.49. The van der Waals surface area contributed by atoms with Crippen LogP contribution in [0.2, 0.25) is 0 Å². The summed E-state index contributed by atoms with van der Waals surface area (Å²) in [6, 6.07) is 6.94. The van der Waals surface area contributed by atoms with Crippen LogP contribution >= 0.6 is 11.3 Å². The molecule has 0 fully saturated rings. The predicted molar refractivity (Wildman–Crippen MR) is 81.3 cm³/mol. The van der Waals surface area contributed by atoms with Crippen LogP contribution in [0.1, 0.15) is 43.1 Å². The van der Waals surface area contributed by atoms with Gasteiger partial charge in [0.15, 0.2) is 0 Å². The molecule has 104 valence electrons. The highest BCUT2D eigenvalue weighted by Gasteiger charge is 2.16. The number of aryl methyl sites for hydroxylation is 2. The minimum Gasteiger partial charge on any atom is -0.303 e. The third-order valence-corrected chi connectivity index (χ3v) is 4.36. The van der Waals surface area contributed by atoms with Crippen LogP contribution in [0.3, 0.4) is 0 Å². The Labute approximate surface area is 119 Å². The predicted octanol–water partition coefficient (Wildman–Crippen LogP) is 3.53. The van der Waals surface area contributed by atoms with E-state index in [1.165, 1.54) is 10.6 Å². The first-order valence-corrected chi connectivity index (χ1v) is 7.78. The Morgan fingerprint density at radius 1 is 1.42 bits per heavy atom. The Balaban J connectivity index is 2.05. The zero-order valence-electron chi connectivity index (χ0n) is 12.2. The molecule has 19 heavy (non-hydrogen) atoms. The van der Waals surface area contributed by atoms with E-state index in [0.717, 1.165) is 18.7 Å². The van der Waals surface area contributed by atoms with E-state index in [1.54, 1.807) is 0 Å². The fourth-order valence-corrected chi connectivity index (χ4v) is 3.23. The van der Waals surface area contributed by atoms with E-state index in [4.69, 9.17) is 0 Å². The number of nitrogens with one attached hydrogen (secondary N) is 1. The highest BCUT2D eigenvalue weighted by molar-refractivity contribution is 7.10. The van der Waals surface area contributed by atoms with Crippen molar-refractivity contribution in [1.29, 1.82) is 0 Å². The number of thiophene rings is 1. The molecule has 0 radical (unpaired) electrons. The summed E-state index contributed by atoms with van der Waals surface area (Å²) in [5.74, 6) is 0.581. The van der Waals surface area contributed by atoms with Gasteiger partial charge in [0.25, 0.3) is 0 Å². The van der Waals surface area contributed by atoms with Crippen molar-refractivity contribution in [2.45, 2.75) is 39.8 Å². The van der Waals surface area contributed by atoms with E-state index in [1.807, 2.05) is 23.1 Å². The summed E-state index contributed by atoms with van der Waals surface area (Å²) >= 11 is 1.82. The van der Waals surface area contributed by atoms with Crippen molar-refractivity contribution >= 4 is 11.3 Å². The SMILES string of the molecule is CCc1cc(CNC(c2cccs2)C(C)C)n(C)n1. The molecule has 0 aromatic carbocycles. The van der Waals surface area contributed by atoms with Crippen LogP contribution in [0, 0.1) is 5.92 Å². The minimum absolute atomic E-state index is 0.417. The van der Waals surface area contributed by atoms with E-state index >= 15 is 0 Å². The molecule has 0 aliphatic heterocycles. The Bertz CT molecular complexity index is 499. The van der Waals surface area contributed by atoms with Crippen molar-refractivity contribution in [2.75, 3.05) is 0 Å². The number of aromatic nitrogens is 2. The van der Waals surface area contributed by atoms with Gasteiger partial charge in [-0.15, -0.1) is 11.3 Å². The van der Waals surface area contributed by atoms with Crippen LogP contribution in [0.15, 0.2) is 23.6 Å². The molecule has 0 spiro atoms. The molecular weight excluding hydrogens is 254 g/mol. The first-order valence-electron chi connectivity index (χ1n) is 6.90. The molecule has 0 aliphatic carbocycles. The number of hydrogen-bond acceptors (Lipinski definition) is 3. The quantitative estimate of drug-likeness (QED) is 0.875. The second-order valence-electron chi connectivity index (χ2n) is 5.22. The average Bonchev–Trinajstić information content (AvgIpc) is 2.99. The molecule has 1 unspecified atom stereocenters. The zero-order chi connectivity index (χ0) is 13.8. The van der Waals surface area contributed by atoms with Gasteiger partial charge in [0.2, 0.25) is 0 Å². The lowest BCUT2D eigenvalue weighted by Crippen LogP contribution is -2.25. The number of nitrogens with zero attached hydrogens (tertiary/aromatic N) is 2. The highest BCUT2D eigenvalue weighted by Crippen LogP contribution is 2.26. The van der Waals surface area contributed by atoms with Gasteiger partial charge in [0.1, 0.15) is 0 Å². The molecule has 3 nitrogen and oxygen atoms in total. The van der Waals surface area contributed by atoms with Crippen LogP contribution in [-0.4, -0.2) is 9.78 Å². The van der Waals surface area contributed by atoms with Crippen LogP contribution in [0.5, 0.6) is 0 Å². The lowest BCUT2D eigenvalue weighted by molar-refractivity contribution is 0.410. The van der Waals surface area contributed by atoms with Crippen molar-refractivity contribution < 1.29 is 0 Å². The molecule has 4 heteroatoms. The first kappa shape index (κ1) is 14.3. The van der Waals surface area contributed by atoms with Gasteiger partial charge in [-0.1, -0.05) is 26.8 Å². The van der Waals surface area contributed by atoms with Crippen LogP contribution in [-0.2, 0) is 20.0 Å². The zero-order valence-corrected chi connectivity index (χ0v) is 13.0. The second kappa shape index (κ2) is 6.35. The Kier molecular flexibility index (Phi) is 4.77. The van der Waals surface area contributed by atoms with E-state index in [9.17, 15) is 0 Å². The molecule has 2 heterocycles. The van der Waals surface area contributed by atoms with E-state index in [2.05, 4.69) is 54.8 Å². The summed E-state index contributed by atoms with van der Waals surface area (Å²) in [5.41, 5.74) is 2.41. The van der Waals surface area contributed by atoms with Crippen molar-refractivity contribution in [3.8, 4) is 0 Å². The average molecular weight is 277 g/mol. The molecule has 2 aromatic heterocycles. The Morgan fingerprint density at radius 2 is 2.21 bits per heavy atom. The molecule has 2 rings (SSSR count). The van der Waals surface area contributed by atoms with Crippen molar-refractivity contribution in [3.63, 3.8) is 0 Å². The van der Waals surface area contributed by atoms with Crippen LogP contribution in [0.4, 0.5) is 0 Å².